The molecule has 0 saturated carbocycles. The van der Waals surface area contributed by atoms with Gasteiger partial charge in [-0.3, -0.25) is 4.79 Å². The number of likely N-dealkylation sites (tertiary alicyclic amines) is 1. The number of amides is 1. The molecule has 1 fully saturated rings. The molecule has 1 aliphatic rings. The highest BCUT2D eigenvalue weighted by Crippen LogP contribution is 2.23. The smallest absolute Gasteiger partial charge is 0.334 e. The molecule has 0 bridgehead atoms. The lowest BCUT2D eigenvalue weighted by Gasteiger charge is -2.36. The van der Waals surface area contributed by atoms with Gasteiger partial charge in [0.2, 0.25) is 0 Å². The van der Waals surface area contributed by atoms with Gasteiger partial charge in [-0.05, 0) is 5.53 Å². The standard InChI is InChI=1S/C5H5F3N4O/c6-5(7,8)4(13)12-1-3(2-12)10-11-9/h3H,1-2H2. The molecule has 5 nitrogen and oxygen atoms in total. The Kier molecular flexibility index (Phi) is 2.33. The Balaban J connectivity index is 2.44. The minimum Gasteiger partial charge on any atom is -0.334 e. The molecule has 0 radical (unpaired) electrons. The van der Waals surface area contributed by atoms with Crippen molar-refractivity contribution in [2.45, 2.75) is 12.2 Å². The fourth-order valence-corrected chi connectivity index (χ4v) is 0.946. The third kappa shape index (κ3) is 2.03. The van der Waals surface area contributed by atoms with Crippen LogP contribution in [-0.2, 0) is 4.79 Å². The lowest BCUT2D eigenvalue weighted by molar-refractivity contribution is -0.189. The Morgan fingerprint density at radius 3 is 2.46 bits per heavy atom. The average molecular weight is 194 g/mol. The second kappa shape index (κ2) is 3.14. The molecule has 0 aromatic heterocycles. The quantitative estimate of drug-likeness (QED) is 0.349. The van der Waals surface area contributed by atoms with Gasteiger partial charge in [0.15, 0.2) is 0 Å². The second-order valence-corrected chi connectivity index (χ2v) is 2.57. The Hall–Kier alpha value is -1.43. The molecule has 8 heteroatoms. The molecule has 0 aromatic carbocycles. The number of hydrogen-bond acceptors (Lipinski definition) is 2. The van der Waals surface area contributed by atoms with Gasteiger partial charge in [-0.15, -0.1) is 0 Å². The maximum atomic E-state index is 11.7. The monoisotopic (exact) mass is 194 g/mol. The predicted octanol–water partition coefficient (Wildman–Crippen LogP) is 1.07. The first-order valence-corrected chi connectivity index (χ1v) is 3.35. The van der Waals surface area contributed by atoms with E-state index in [0.717, 1.165) is 0 Å². The highest BCUT2D eigenvalue weighted by Gasteiger charge is 2.46. The van der Waals surface area contributed by atoms with Crippen LogP contribution in [0.25, 0.3) is 10.4 Å². The first kappa shape index (κ1) is 9.66. The maximum Gasteiger partial charge on any atom is 0.471 e. The van der Waals surface area contributed by atoms with Crippen molar-refractivity contribution >= 4 is 5.91 Å². The van der Waals surface area contributed by atoms with Crippen LogP contribution in [0.3, 0.4) is 0 Å². The summed E-state index contributed by atoms with van der Waals surface area (Å²) in [4.78, 5) is 13.5. The van der Waals surface area contributed by atoms with Crippen molar-refractivity contribution in [3.8, 4) is 0 Å². The van der Waals surface area contributed by atoms with Crippen LogP contribution in [0.1, 0.15) is 0 Å². The number of hydrogen-bond donors (Lipinski definition) is 0. The van der Waals surface area contributed by atoms with Gasteiger partial charge in [0.1, 0.15) is 0 Å². The van der Waals surface area contributed by atoms with Gasteiger partial charge in [-0.25, -0.2) is 0 Å². The van der Waals surface area contributed by atoms with Crippen molar-refractivity contribution in [1.29, 1.82) is 0 Å². The van der Waals surface area contributed by atoms with Crippen LogP contribution >= 0.6 is 0 Å². The molecule has 0 N–H and O–H groups in total. The van der Waals surface area contributed by atoms with Gasteiger partial charge in [-0.2, -0.15) is 13.2 Å². The van der Waals surface area contributed by atoms with E-state index in [1.54, 1.807) is 0 Å². The van der Waals surface area contributed by atoms with E-state index < -0.39 is 18.1 Å². The zero-order chi connectivity index (χ0) is 10.1. The van der Waals surface area contributed by atoms with Crippen LogP contribution in [0.2, 0.25) is 0 Å². The van der Waals surface area contributed by atoms with Crippen LogP contribution in [0.4, 0.5) is 13.2 Å². The van der Waals surface area contributed by atoms with Crippen molar-refractivity contribution in [2.75, 3.05) is 13.1 Å². The highest BCUT2D eigenvalue weighted by molar-refractivity contribution is 5.82. The van der Waals surface area contributed by atoms with Gasteiger partial charge in [0.25, 0.3) is 0 Å². The number of alkyl halides is 3. The summed E-state index contributed by atoms with van der Waals surface area (Å²) in [6.07, 6.45) is -4.83. The summed E-state index contributed by atoms with van der Waals surface area (Å²) < 4.78 is 35.2. The molecule has 1 aliphatic heterocycles. The molecule has 1 heterocycles. The molecular formula is C5H5F3N4O. The number of nitrogens with zero attached hydrogens (tertiary/aromatic N) is 4. The summed E-state index contributed by atoms with van der Waals surface area (Å²) in [5.74, 6) is -1.88. The molecule has 13 heavy (non-hydrogen) atoms. The summed E-state index contributed by atoms with van der Waals surface area (Å²) in [5, 5.41) is 3.16. The minimum absolute atomic E-state index is 0.150. The van der Waals surface area contributed by atoms with Gasteiger partial charge < -0.3 is 4.90 Å². The normalized spacial score (nSPS) is 17.6. The van der Waals surface area contributed by atoms with E-state index in [4.69, 9.17) is 5.53 Å². The Morgan fingerprint density at radius 1 is 1.54 bits per heavy atom. The SMILES string of the molecule is [N-]=[N+]=NC1CN(C(=O)C(F)(F)F)C1. The molecule has 72 valence electrons. The fourth-order valence-electron chi connectivity index (χ4n) is 0.946. The number of carbonyl (C=O) groups excluding carboxylic acids is 1. The molecule has 1 amide bonds. The predicted molar refractivity (Wildman–Crippen MR) is 35.6 cm³/mol. The van der Waals surface area contributed by atoms with Crippen molar-refractivity contribution in [3.63, 3.8) is 0 Å². The van der Waals surface area contributed by atoms with Crippen LogP contribution in [0.15, 0.2) is 5.11 Å². The molecule has 0 unspecified atom stereocenters. The number of halogens is 3. The van der Waals surface area contributed by atoms with E-state index in [-0.39, 0.29) is 13.1 Å². The maximum absolute atomic E-state index is 11.7. The lowest BCUT2D eigenvalue weighted by atomic mass is 10.1. The number of carbonyl (C=O) groups is 1. The van der Waals surface area contributed by atoms with Crippen molar-refractivity contribution in [3.05, 3.63) is 10.4 Å². The van der Waals surface area contributed by atoms with Gasteiger partial charge in [0, 0.05) is 18.0 Å². The van der Waals surface area contributed by atoms with Gasteiger partial charge in [0.05, 0.1) is 6.04 Å². The van der Waals surface area contributed by atoms with Crippen molar-refractivity contribution < 1.29 is 18.0 Å². The van der Waals surface area contributed by atoms with Crippen LogP contribution in [0, 0.1) is 0 Å². The lowest BCUT2D eigenvalue weighted by Crippen LogP contribution is -2.56. The first-order valence-electron chi connectivity index (χ1n) is 3.35. The Labute approximate surface area is 70.7 Å². The first-order chi connectivity index (χ1) is 5.95. The van der Waals surface area contributed by atoms with Crippen molar-refractivity contribution in [2.24, 2.45) is 5.11 Å². The van der Waals surface area contributed by atoms with E-state index in [1.165, 1.54) is 0 Å². The molecule has 0 atom stereocenters. The zero-order valence-electron chi connectivity index (χ0n) is 6.32. The highest BCUT2D eigenvalue weighted by atomic mass is 19.4. The molecule has 0 aliphatic carbocycles. The third-order valence-corrected chi connectivity index (χ3v) is 1.61. The minimum atomic E-state index is -4.83. The zero-order valence-corrected chi connectivity index (χ0v) is 6.32. The summed E-state index contributed by atoms with van der Waals surface area (Å²) >= 11 is 0. The fraction of sp³-hybridized carbons (Fsp3) is 0.800. The second-order valence-electron chi connectivity index (χ2n) is 2.57. The van der Waals surface area contributed by atoms with E-state index in [0.29, 0.717) is 4.90 Å². The average Bonchev–Trinajstić information content (AvgIpc) is 1.92. The van der Waals surface area contributed by atoms with Crippen LogP contribution in [-0.4, -0.2) is 36.1 Å². The van der Waals surface area contributed by atoms with Crippen LogP contribution < -0.4 is 0 Å². The summed E-state index contributed by atoms with van der Waals surface area (Å²) in [6.45, 7) is -0.301. The molecular weight excluding hydrogens is 189 g/mol. The van der Waals surface area contributed by atoms with E-state index in [9.17, 15) is 18.0 Å². The van der Waals surface area contributed by atoms with Gasteiger partial charge >= 0.3 is 12.1 Å². The third-order valence-electron chi connectivity index (χ3n) is 1.61. The number of azide groups is 1. The van der Waals surface area contributed by atoms with E-state index in [2.05, 4.69) is 10.0 Å². The van der Waals surface area contributed by atoms with Crippen molar-refractivity contribution in [1.82, 2.24) is 4.90 Å². The topological polar surface area (TPSA) is 69.1 Å². The largest absolute Gasteiger partial charge is 0.471 e. The Morgan fingerprint density at radius 2 is 2.08 bits per heavy atom. The molecule has 1 rings (SSSR count). The van der Waals surface area contributed by atoms with Crippen LogP contribution in [0.5, 0.6) is 0 Å². The van der Waals surface area contributed by atoms with Gasteiger partial charge in [-0.1, -0.05) is 5.11 Å². The van der Waals surface area contributed by atoms with E-state index in [1.807, 2.05) is 0 Å². The van der Waals surface area contributed by atoms with E-state index >= 15 is 0 Å². The summed E-state index contributed by atoms with van der Waals surface area (Å²) in [7, 11) is 0. The summed E-state index contributed by atoms with van der Waals surface area (Å²) in [5.41, 5.74) is 7.92. The summed E-state index contributed by atoms with van der Waals surface area (Å²) in [6, 6.07) is -0.517. The molecule has 0 spiro atoms. The molecule has 0 aromatic rings. The molecule has 1 saturated heterocycles. The number of rotatable bonds is 1. The Bertz CT molecular complexity index is 263.